The van der Waals surface area contributed by atoms with Crippen molar-refractivity contribution in [3.8, 4) is 0 Å². The monoisotopic (exact) mass is 343 g/mol. The van der Waals surface area contributed by atoms with Gasteiger partial charge in [0.2, 0.25) is 0 Å². The second-order valence-electron chi connectivity index (χ2n) is 3.60. The molecule has 0 radical (unpaired) electrons. The van der Waals surface area contributed by atoms with Crippen molar-refractivity contribution in [3.05, 3.63) is 58.2 Å². The molecule has 98 valence electrons. The molecule has 1 aromatic carbocycles. The number of rotatable bonds is 4. The highest BCUT2D eigenvalue weighted by molar-refractivity contribution is 9.10. The van der Waals surface area contributed by atoms with Crippen molar-refractivity contribution in [2.75, 3.05) is 5.75 Å². The second-order valence-corrected chi connectivity index (χ2v) is 5.42. The Morgan fingerprint density at radius 2 is 1.89 bits per heavy atom. The van der Waals surface area contributed by atoms with Gasteiger partial charge in [-0.3, -0.25) is 4.79 Å². The highest BCUT2D eigenvalue weighted by Gasteiger charge is 2.17. The molecule has 2 nitrogen and oxygen atoms in total. The number of nitrogens with zero attached hydrogens (tertiary/aromatic N) is 1. The van der Waals surface area contributed by atoms with Crippen LogP contribution < -0.4 is 0 Å². The summed E-state index contributed by atoms with van der Waals surface area (Å²) in [6.45, 7) is 0. The van der Waals surface area contributed by atoms with Crippen LogP contribution in [0.25, 0.3) is 0 Å². The van der Waals surface area contributed by atoms with Crippen molar-refractivity contribution < 1.29 is 13.6 Å². The normalized spacial score (nSPS) is 10.5. The number of benzene rings is 1. The van der Waals surface area contributed by atoms with Gasteiger partial charge in [0, 0.05) is 10.7 Å². The Morgan fingerprint density at radius 3 is 2.53 bits per heavy atom. The zero-order chi connectivity index (χ0) is 13.8. The van der Waals surface area contributed by atoms with E-state index in [4.69, 9.17) is 0 Å². The first kappa shape index (κ1) is 14.1. The summed E-state index contributed by atoms with van der Waals surface area (Å²) in [5, 5.41) is 0.604. The topological polar surface area (TPSA) is 30.0 Å². The number of hydrogen-bond acceptors (Lipinski definition) is 3. The van der Waals surface area contributed by atoms with E-state index in [0.29, 0.717) is 5.03 Å². The molecule has 1 heterocycles. The molecule has 0 aliphatic carbocycles. The molecule has 0 atom stereocenters. The predicted octanol–water partition coefficient (Wildman–Crippen LogP) is 4.10. The van der Waals surface area contributed by atoms with Crippen molar-refractivity contribution >= 4 is 33.5 Å². The summed E-state index contributed by atoms with van der Waals surface area (Å²) in [5.41, 5.74) is -0.498. The number of thioether (sulfide) groups is 1. The van der Waals surface area contributed by atoms with E-state index in [1.54, 1.807) is 18.3 Å². The molecule has 0 spiro atoms. The van der Waals surface area contributed by atoms with Crippen LogP contribution in [0.15, 0.2) is 46.0 Å². The first-order valence-electron chi connectivity index (χ1n) is 5.30. The quantitative estimate of drug-likeness (QED) is 0.618. The molecule has 0 aliphatic heterocycles. The van der Waals surface area contributed by atoms with E-state index in [2.05, 4.69) is 20.9 Å². The van der Waals surface area contributed by atoms with Gasteiger partial charge in [0.1, 0.15) is 16.7 Å². The maximum Gasteiger partial charge on any atom is 0.179 e. The van der Waals surface area contributed by atoms with Crippen LogP contribution >= 0.6 is 27.7 Å². The van der Waals surface area contributed by atoms with Crippen LogP contribution in [0.3, 0.4) is 0 Å². The van der Waals surface area contributed by atoms with E-state index in [-0.39, 0.29) is 5.75 Å². The van der Waals surface area contributed by atoms with Gasteiger partial charge in [0.05, 0.1) is 11.3 Å². The summed E-state index contributed by atoms with van der Waals surface area (Å²) in [6.07, 6.45) is 1.58. The maximum atomic E-state index is 13.4. The van der Waals surface area contributed by atoms with Gasteiger partial charge >= 0.3 is 0 Å². The Hall–Kier alpha value is -1.27. The predicted molar refractivity (Wildman–Crippen MR) is 73.3 cm³/mol. The van der Waals surface area contributed by atoms with Crippen molar-refractivity contribution in [2.45, 2.75) is 5.03 Å². The highest BCUT2D eigenvalue weighted by Crippen LogP contribution is 2.26. The summed E-state index contributed by atoms with van der Waals surface area (Å²) < 4.78 is 27.6. The Balaban J connectivity index is 2.13. The molecule has 0 amide bonds. The third-order valence-electron chi connectivity index (χ3n) is 2.31. The fourth-order valence-electron chi connectivity index (χ4n) is 1.45. The first-order chi connectivity index (χ1) is 9.09. The van der Waals surface area contributed by atoms with E-state index in [1.165, 1.54) is 6.07 Å². The molecule has 0 saturated heterocycles. The van der Waals surface area contributed by atoms with Gasteiger partial charge in [-0.05, 0) is 40.2 Å². The Morgan fingerprint density at radius 1 is 1.21 bits per heavy atom. The summed E-state index contributed by atoms with van der Waals surface area (Å²) in [7, 11) is 0. The Labute approximate surface area is 121 Å². The molecular formula is C13H8BrF2NOS. The zero-order valence-corrected chi connectivity index (χ0v) is 12.0. The lowest BCUT2D eigenvalue weighted by Gasteiger charge is -2.04. The molecule has 2 aromatic rings. The van der Waals surface area contributed by atoms with E-state index in [0.717, 1.165) is 28.4 Å². The molecule has 0 aliphatic rings. The molecule has 0 N–H and O–H groups in total. The number of ketones is 1. The van der Waals surface area contributed by atoms with Crippen LogP contribution in [-0.2, 0) is 0 Å². The highest BCUT2D eigenvalue weighted by atomic mass is 79.9. The SMILES string of the molecule is O=C(CSc1ncccc1Br)c1c(F)cccc1F. The number of carbonyl (C=O) groups excluding carboxylic acids is 1. The summed E-state index contributed by atoms with van der Waals surface area (Å²) in [5.74, 6) is -2.36. The molecule has 19 heavy (non-hydrogen) atoms. The minimum Gasteiger partial charge on any atom is -0.293 e. The van der Waals surface area contributed by atoms with Crippen LogP contribution in [0.1, 0.15) is 10.4 Å². The largest absolute Gasteiger partial charge is 0.293 e. The van der Waals surface area contributed by atoms with E-state index in [9.17, 15) is 13.6 Å². The number of aromatic nitrogens is 1. The Bertz CT molecular complexity index is 601. The van der Waals surface area contributed by atoms with Crippen LogP contribution in [0.5, 0.6) is 0 Å². The number of pyridine rings is 1. The number of halogens is 3. The van der Waals surface area contributed by atoms with Gasteiger partial charge in [0.25, 0.3) is 0 Å². The van der Waals surface area contributed by atoms with Crippen LogP contribution in [0.2, 0.25) is 0 Å². The summed E-state index contributed by atoms with van der Waals surface area (Å²) in [6, 6.07) is 6.88. The first-order valence-corrected chi connectivity index (χ1v) is 7.08. The number of carbonyl (C=O) groups is 1. The Kier molecular flexibility index (Phi) is 4.66. The molecule has 0 fully saturated rings. The number of Topliss-reactive ketones (excluding diaryl/α,β-unsaturated/α-hetero) is 1. The minimum atomic E-state index is -0.842. The molecule has 2 rings (SSSR count). The van der Waals surface area contributed by atoms with Crippen molar-refractivity contribution in [3.63, 3.8) is 0 Å². The molecule has 0 saturated carbocycles. The lowest BCUT2D eigenvalue weighted by molar-refractivity contribution is 0.101. The lowest BCUT2D eigenvalue weighted by atomic mass is 10.1. The second kappa shape index (κ2) is 6.25. The van der Waals surface area contributed by atoms with Gasteiger partial charge in [-0.2, -0.15) is 0 Å². The molecular weight excluding hydrogens is 336 g/mol. The fraction of sp³-hybridized carbons (Fsp3) is 0.0769. The average molecular weight is 344 g/mol. The van der Waals surface area contributed by atoms with Crippen LogP contribution in [-0.4, -0.2) is 16.5 Å². The number of hydrogen-bond donors (Lipinski definition) is 0. The maximum absolute atomic E-state index is 13.4. The molecule has 6 heteroatoms. The van der Waals surface area contributed by atoms with E-state index < -0.39 is 23.0 Å². The lowest BCUT2D eigenvalue weighted by Crippen LogP contribution is -2.08. The molecule has 0 bridgehead atoms. The average Bonchev–Trinajstić information content (AvgIpc) is 2.37. The molecule has 0 unspecified atom stereocenters. The minimum absolute atomic E-state index is 0.0759. The van der Waals surface area contributed by atoms with E-state index >= 15 is 0 Å². The molecule has 1 aromatic heterocycles. The summed E-state index contributed by atoms with van der Waals surface area (Å²) in [4.78, 5) is 15.9. The van der Waals surface area contributed by atoms with Crippen LogP contribution in [0.4, 0.5) is 8.78 Å². The standard InChI is InChI=1S/C13H8BrF2NOS/c14-8-3-2-6-17-13(8)19-7-11(18)12-9(15)4-1-5-10(12)16/h1-6H,7H2. The van der Waals surface area contributed by atoms with Gasteiger partial charge in [-0.1, -0.05) is 17.8 Å². The zero-order valence-electron chi connectivity index (χ0n) is 9.57. The summed E-state index contributed by atoms with van der Waals surface area (Å²) >= 11 is 4.42. The van der Waals surface area contributed by atoms with Crippen molar-refractivity contribution in [1.82, 2.24) is 4.98 Å². The third-order valence-corrected chi connectivity index (χ3v) is 4.21. The van der Waals surface area contributed by atoms with Crippen LogP contribution in [0, 0.1) is 11.6 Å². The third kappa shape index (κ3) is 3.39. The fourth-order valence-corrected chi connectivity index (χ4v) is 2.80. The van der Waals surface area contributed by atoms with Gasteiger partial charge in [-0.25, -0.2) is 13.8 Å². The van der Waals surface area contributed by atoms with Gasteiger partial charge < -0.3 is 0 Å². The van der Waals surface area contributed by atoms with E-state index in [1.807, 2.05) is 0 Å². The van der Waals surface area contributed by atoms with Gasteiger partial charge in [0.15, 0.2) is 5.78 Å². The van der Waals surface area contributed by atoms with Gasteiger partial charge in [-0.15, -0.1) is 0 Å². The van der Waals surface area contributed by atoms with Crippen molar-refractivity contribution in [2.24, 2.45) is 0 Å². The van der Waals surface area contributed by atoms with Crippen molar-refractivity contribution in [1.29, 1.82) is 0 Å². The smallest absolute Gasteiger partial charge is 0.179 e.